The largest absolute Gasteiger partial charge is 0.462 e. The van der Waals surface area contributed by atoms with E-state index >= 15 is 0 Å². The highest BCUT2D eigenvalue weighted by Crippen LogP contribution is 2.27. The van der Waals surface area contributed by atoms with Gasteiger partial charge in [0.05, 0.1) is 18.3 Å². The van der Waals surface area contributed by atoms with Crippen LogP contribution in [0.5, 0.6) is 0 Å². The smallest absolute Gasteiger partial charge is 0.348 e. The van der Waals surface area contributed by atoms with Crippen molar-refractivity contribution in [3.05, 3.63) is 63.0 Å². The lowest BCUT2D eigenvalue weighted by molar-refractivity contribution is -0.145. The van der Waals surface area contributed by atoms with E-state index in [-0.39, 0.29) is 25.3 Å². The van der Waals surface area contributed by atoms with E-state index in [0.717, 1.165) is 16.9 Å². The van der Waals surface area contributed by atoms with Crippen LogP contribution in [0.2, 0.25) is 0 Å². The second-order valence-corrected chi connectivity index (χ2v) is 6.78. The normalized spacial score (nSPS) is 10.7. The summed E-state index contributed by atoms with van der Waals surface area (Å²) in [5.41, 5.74) is 0.985. The molecule has 0 radical (unpaired) electrons. The summed E-state index contributed by atoms with van der Waals surface area (Å²) in [4.78, 5) is 41.8. The van der Waals surface area contributed by atoms with Crippen molar-refractivity contribution in [3.63, 3.8) is 0 Å². The first-order valence-corrected chi connectivity index (χ1v) is 9.18. The van der Waals surface area contributed by atoms with Crippen LogP contribution < -0.4 is 5.56 Å². The molecule has 27 heavy (non-hydrogen) atoms. The van der Waals surface area contributed by atoms with Gasteiger partial charge in [-0.05, 0) is 25.0 Å². The molecule has 2 aromatic heterocycles. The first-order valence-electron chi connectivity index (χ1n) is 8.36. The Kier molecular flexibility index (Phi) is 5.66. The van der Waals surface area contributed by atoms with Crippen LogP contribution in [0.3, 0.4) is 0 Å². The molecule has 0 unspecified atom stereocenters. The molecule has 0 atom stereocenters. The minimum absolute atomic E-state index is 0.134. The predicted octanol–water partition coefficient (Wildman–Crippen LogP) is 2.69. The first-order chi connectivity index (χ1) is 13.0. The van der Waals surface area contributed by atoms with Crippen molar-refractivity contribution in [2.75, 3.05) is 6.61 Å². The highest BCUT2D eigenvalue weighted by molar-refractivity contribution is 7.20. The van der Waals surface area contributed by atoms with Gasteiger partial charge in [-0.15, -0.1) is 11.3 Å². The zero-order valence-corrected chi connectivity index (χ0v) is 15.7. The fourth-order valence-electron chi connectivity index (χ4n) is 2.59. The van der Waals surface area contributed by atoms with Gasteiger partial charge in [0.1, 0.15) is 22.9 Å². The maximum absolute atomic E-state index is 12.7. The number of fused-ring (bicyclic) bond motifs is 1. The number of carbonyl (C=O) groups is 2. The third kappa shape index (κ3) is 4.06. The van der Waals surface area contributed by atoms with Crippen LogP contribution in [-0.2, 0) is 27.4 Å². The van der Waals surface area contributed by atoms with E-state index in [4.69, 9.17) is 9.47 Å². The van der Waals surface area contributed by atoms with Gasteiger partial charge in [-0.2, -0.15) is 0 Å². The van der Waals surface area contributed by atoms with E-state index in [1.807, 2.05) is 30.3 Å². The van der Waals surface area contributed by atoms with Crippen molar-refractivity contribution in [3.8, 4) is 0 Å². The fourth-order valence-corrected chi connectivity index (χ4v) is 3.62. The molecule has 7 nitrogen and oxygen atoms in total. The van der Waals surface area contributed by atoms with Crippen molar-refractivity contribution in [1.29, 1.82) is 0 Å². The molecule has 0 amide bonds. The Labute approximate surface area is 159 Å². The van der Waals surface area contributed by atoms with Crippen LogP contribution in [-0.4, -0.2) is 28.1 Å². The summed E-state index contributed by atoms with van der Waals surface area (Å²) in [6.45, 7) is 3.52. The summed E-state index contributed by atoms with van der Waals surface area (Å²) in [6.07, 6.45) is 1.29. The SMILES string of the molecule is CCOC(=O)c1sc2ncn(CC(=O)OCc3ccccc3)c(=O)c2c1C. The predicted molar refractivity (Wildman–Crippen MR) is 101 cm³/mol. The number of aryl methyl sites for hydroxylation is 1. The zero-order valence-electron chi connectivity index (χ0n) is 14.9. The van der Waals surface area contributed by atoms with E-state index in [2.05, 4.69) is 4.98 Å². The summed E-state index contributed by atoms with van der Waals surface area (Å²) in [6, 6.07) is 9.27. The van der Waals surface area contributed by atoms with Crippen LogP contribution in [0.15, 0.2) is 41.5 Å². The highest BCUT2D eigenvalue weighted by Gasteiger charge is 2.20. The van der Waals surface area contributed by atoms with E-state index in [1.54, 1.807) is 13.8 Å². The van der Waals surface area contributed by atoms with Gasteiger partial charge in [0.2, 0.25) is 0 Å². The van der Waals surface area contributed by atoms with E-state index in [0.29, 0.717) is 20.7 Å². The number of carbonyl (C=O) groups excluding carboxylic acids is 2. The number of benzene rings is 1. The number of ether oxygens (including phenoxy) is 2. The lowest BCUT2D eigenvalue weighted by Crippen LogP contribution is -2.25. The molecule has 3 aromatic rings. The molecule has 140 valence electrons. The van der Waals surface area contributed by atoms with E-state index in [1.165, 1.54) is 10.9 Å². The number of nitrogens with zero attached hydrogens (tertiary/aromatic N) is 2. The quantitative estimate of drug-likeness (QED) is 0.605. The Morgan fingerprint density at radius 2 is 1.93 bits per heavy atom. The number of hydrogen-bond donors (Lipinski definition) is 0. The summed E-state index contributed by atoms with van der Waals surface area (Å²) < 4.78 is 11.4. The van der Waals surface area contributed by atoms with Crippen molar-refractivity contribution in [2.24, 2.45) is 0 Å². The average Bonchev–Trinajstić information content (AvgIpc) is 3.01. The summed E-state index contributed by atoms with van der Waals surface area (Å²) in [7, 11) is 0. The molecule has 8 heteroatoms. The van der Waals surface area contributed by atoms with Gasteiger partial charge in [0.25, 0.3) is 5.56 Å². The molecule has 3 rings (SSSR count). The van der Waals surface area contributed by atoms with Gasteiger partial charge in [-0.25, -0.2) is 9.78 Å². The van der Waals surface area contributed by atoms with Crippen LogP contribution in [0.4, 0.5) is 0 Å². The van der Waals surface area contributed by atoms with Crippen LogP contribution in [0.1, 0.15) is 27.7 Å². The molecule has 0 N–H and O–H groups in total. The average molecular weight is 386 g/mol. The Hall–Kier alpha value is -3.00. The Bertz CT molecular complexity index is 1040. The highest BCUT2D eigenvalue weighted by atomic mass is 32.1. The summed E-state index contributed by atoms with van der Waals surface area (Å²) in [5, 5.41) is 0.321. The molecule has 1 aromatic carbocycles. The fraction of sp³-hybridized carbons (Fsp3) is 0.263. The molecule has 0 aliphatic rings. The third-order valence-corrected chi connectivity index (χ3v) is 5.10. The molecule has 0 saturated heterocycles. The first kappa shape index (κ1) is 18.8. The number of aromatic nitrogens is 2. The van der Waals surface area contributed by atoms with Crippen LogP contribution >= 0.6 is 11.3 Å². The van der Waals surface area contributed by atoms with Gasteiger partial charge in [0.15, 0.2) is 0 Å². The molecular formula is C19H18N2O5S. The maximum Gasteiger partial charge on any atom is 0.348 e. The molecule has 0 fully saturated rings. The lowest BCUT2D eigenvalue weighted by Gasteiger charge is -2.07. The summed E-state index contributed by atoms with van der Waals surface area (Å²) in [5.74, 6) is -1.02. The van der Waals surface area contributed by atoms with Gasteiger partial charge >= 0.3 is 11.9 Å². The Morgan fingerprint density at radius 1 is 1.19 bits per heavy atom. The zero-order chi connectivity index (χ0) is 19.4. The van der Waals surface area contributed by atoms with Crippen LogP contribution in [0.25, 0.3) is 10.2 Å². The summed E-state index contributed by atoms with van der Waals surface area (Å²) >= 11 is 1.11. The molecule has 0 aliphatic carbocycles. The van der Waals surface area contributed by atoms with E-state index in [9.17, 15) is 14.4 Å². The second kappa shape index (κ2) is 8.13. The molecule has 0 bridgehead atoms. The third-order valence-electron chi connectivity index (χ3n) is 3.92. The lowest BCUT2D eigenvalue weighted by atomic mass is 10.2. The Morgan fingerprint density at radius 3 is 2.63 bits per heavy atom. The molecule has 0 aliphatic heterocycles. The molecule has 0 spiro atoms. The minimum atomic E-state index is -0.541. The number of rotatable bonds is 6. The number of esters is 2. The van der Waals surface area contributed by atoms with Crippen molar-refractivity contribution in [1.82, 2.24) is 9.55 Å². The standard InChI is InChI=1S/C19H18N2O5S/c1-3-25-19(24)16-12(2)15-17(27-16)20-11-21(18(15)23)9-14(22)26-10-13-7-5-4-6-8-13/h4-8,11H,3,9-10H2,1-2H3. The van der Waals surface area contributed by atoms with Gasteiger partial charge in [-0.3, -0.25) is 14.2 Å². The maximum atomic E-state index is 12.7. The minimum Gasteiger partial charge on any atom is -0.462 e. The molecule has 0 saturated carbocycles. The van der Waals surface area contributed by atoms with E-state index < -0.39 is 11.9 Å². The van der Waals surface area contributed by atoms with Gasteiger partial charge in [0, 0.05) is 0 Å². The number of thiophene rings is 1. The second-order valence-electron chi connectivity index (χ2n) is 5.78. The van der Waals surface area contributed by atoms with Crippen molar-refractivity contribution < 1.29 is 19.1 Å². The number of hydrogen-bond acceptors (Lipinski definition) is 7. The molecular weight excluding hydrogens is 368 g/mol. The monoisotopic (exact) mass is 386 g/mol. The van der Waals surface area contributed by atoms with Crippen molar-refractivity contribution in [2.45, 2.75) is 27.0 Å². The van der Waals surface area contributed by atoms with Crippen LogP contribution in [0, 0.1) is 6.92 Å². The molecule has 2 heterocycles. The topological polar surface area (TPSA) is 87.5 Å². The Balaban J connectivity index is 1.80. The van der Waals surface area contributed by atoms with Gasteiger partial charge < -0.3 is 9.47 Å². The van der Waals surface area contributed by atoms with Gasteiger partial charge in [-0.1, -0.05) is 30.3 Å². The van der Waals surface area contributed by atoms with Crippen molar-refractivity contribution >= 4 is 33.5 Å².